The second-order valence-corrected chi connectivity index (χ2v) is 8.81. The number of nitrogens with zero attached hydrogens (tertiary/aromatic N) is 2. The summed E-state index contributed by atoms with van der Waals surface area (Å²) in [5, 5.41) is 1.14. The van der Waals surface area contributed by atoms with Gasteiger partial charge in [0.15, 0.2) is 5.43 Å². The third kappa shape index (κ3) is 5.67. The molecule has 4 aromatic carbocycles. The summed E-state index contributed by atoms with van der Waals surface area (Å²) in [6.45, 7) is 0. The Morgan fingerprint density at radius 3 is 2.02 bits per heavy atom. The predicted octanol–water partition coefficient (Wildman–Crippen LogP) is 8.02. The van der Waals surface area contributed by atoms with Gasteiger partial charge in [0.05, 0.1) is 11.0 Å². The summed E-state index contributed by atoms with van der Waals surface area (Å²) < 4.78 is 5.94. The zero-order valence-electron chi connectivity index (χ0n) is 21.2. The quantitative estimate of drug-likeness (QED) is 0.139. The monoisotopic (exact) mass is 695 g/mol. The van der Waals surface area contributed by atoms with E-state index < -0.39 is 0 Å². The number of hydrogen-bond donors (Lipinski definition) is 0. The SMILES string of the molecule is O=c1c2ccccc2oc2c(-c3ccccn3)[c-]ccc12.[Ir].[c-]1ccc(-c2ccccc2)cc1-c1ccccn1. The molecular formula is C35H22IrN2O2-2. The fourth-order valence-corrected chi connectivity index (χ4v) is 4.41. The van der Waals surface area contributed by atoms with Crippen molar-refractivity contribution in [2.75, 3.05) is 0 Å². The number of benzene rings is 4. The first kappa shape index (κ1) is 26.9. The van der Waals surface area contributed by atoms with Crippen LogP contribution in [0.4, 0.5) is 0 Å². The molecule has 1 radical (unpaired) electrons. The Kier molecular flexibility index (Phi) is 8.36. The number of para-hydroxylation sites is 1. The van der Waals surface area contributed by atoms with E-state index in [0.717, 1.165) is 17.0 Å². The molecular weight excluding hydrogens is 673 g/mol. The molecule has 5 heteroatoms. The standard InChI is InChI=1S/C18H10NO2.C17H12N.Ir/c20-17-13-6-1-2-10-16(13)21-18-12(7-5-8-14(17)18)15-9-3-4-11-19-15;1-2-7-14(8-3-1)15-9-6-10-16(13-15)17-11-4-5-12-18-17;/h1-6,8-11H;1-9,11-13H;/q2*-1;. The molecule has 0 bridgehead atoms. The molecule has 40 heavy (non-hydrogen) atoms. The van der Waals surface area contributed by atoms with Crippen LogP contribution in [0.5, 0.6) is 0 Å². The number of pyridine rings is 2. The molecule has 195 valence electrons. The number of fused-ring (bicyclic) bond motifs is 2. The van der Waals surface area contributed by atoms with E-state index in [1.165, 1.54) is 11.1 Å². The molecule has 0 saturated carbocycles. The van der Waals surface area contributed by atoms with Crippen molar-refractivity contribution >= 4 is 21.9 Å². The number of rotatable bonds is 3. The topological polar surface area (TPSA) is 56.0 Å². The van der Waals surface area contributed by atoms with Crippen molar-refractivity contribution in [3.8, 4) is 33.6 Å². The summed E-state index contributed by atoms with van der Waals surface area (Å²) in [5.74, 6) is 0. The third-order valence-corrected chi connectivity index (χ3v) is 6.31. The maximum absolute atomic E-state index is 12.6. The van der Waals surface area contributed by atoms with E-state index in [0.29, 0.717) is 27.5 Å². The van der Waals surface area contributed by atoms with E-state index in [1.54, 1.807) is 36.7 Å². The Labute approximate surface area is 245 Å². The van der Waals surface area contributed by atoms with Crippen molar-refractivity contribution in [2.24, 2.45) is 0 Å². The maximum atomic E-state index is 12.6. The predicted molar refractivity (Wildman–Crippen MR) is 156 cm³/mol. The Balaban J connectivity index is 0.000000159. The summed E-state index contributed by atoms with van der Waals surface area (Å²) in [7, 11) is 0. The molecule has 7 aromatic rings. The summed E-state index contributed by atoms with van der Waals surface area (Å²) in [5.41, 5.74) is 6.90. The number of aromatic nitrogens is 2. The second kappa shape index (κ2) is 12.4. The van der Waals surface area contributed by atoms with E-state index in [-0.39, 0.29) is 25.5 Å². The van der Waals surface area contributed by atoms with Gasteiger partial charge in [0.2, 0.25) is 0 Å². The number of hydrogen-bond acceptors (Lipinski definition) is 4. The molecule has 0 aliphatic carbocycles. The fourth-order valence-electron chi connectivity index (χ4n) is 4.41. The van der Waals surface area contributed by atoms with Crippen molar-refractivity contribution in [3.05, 3.63) is 156 Å². The second-order valence-electron chi connectivity index (χ2n) is 8.81. The van der Waals surface area contributed by atoms with Crippen LogP contribution in [-0.4, -0.2) is 9.97 Å². The summed E-state index contributed by atoms with van der Waals surface area (Å²) in [6, 6.07) is 45.1. The van der Waals surface area contributed by atoms with Gasteiger partial charge in [-0.3, -0.25) is 4.79 Å². The molecule has 4 nitrogen and oxygen atoms in total. The van der Waals surface area contributed by atoms with Gasteiger partial charge in [-0.25, -0.2) is 0 Å². The van der Waals surface area contributed by atoms with Gasteiger partial charge < -0.3 is 14.4 Å². The van der Waals surface area contributed by atoms with E-state index in [9.17, 15) is 4.79 Å². The average molecular weight is 695 g/mol. The van der Waals surface area contributed by atoms with Crippen molar-refractivity contribution < 1.29 is 24.5 Å². The first-order valence-corrected chi connectivity index (χ1v) is 12.5. The smallest absolute Gasteiger partial charge is 0.182 e. The average Bonchev–Trinajstić information content (AvgIpc) is 3.03. The largest absolute Gasteiger partial charge is 0.500 e. The summed E-state index contributed by atoms with van der Waals surface area (Å²) in [6.07, 6.45) is 3.51. The van der Waals surface area contributed by atoms with Crippen LogP contribution in [-0.2, 0) is 20.1 Å². The minimum absolute atomic E-state index is 0. The Morgan fingerprint density at radius 1 is 0.600 bits per heavy atom. The molecule has 0 amide bonds. The van der Waals surface area contributed by atoms with Gasteiger partial charge in [0.25, 0.3) is 0 Å². The van der Waals surface area contributed by atoms with Crippen molar-refractivity contribution in [1.29, 1.82) is 0 Å². The fraction of sp³-hybridized carbons (Fsp3) is 0. The van der Waals surface area contributed by atoms with Crippen LogP contribution in [0.15, 0.2) is 143 Å². The third-order valence-electron chi connectivity index (χ3n) is 6.31. The molecule has 7 rings (SSSR count). The molecule has 0 spiro atoms. The Hall–Kier alpha value is -4.70. The minimum Gasteiger partial charge on any atom is -0.500 e. The van der Waals surface area contributed by atoms with E-state index in [2.05, 4.69) is 46.4 Å². The van der Waals surface area contributed by atoms with Crippen molar-refractivity contribution in [3.63, 3.8) is 0 Å². The molecule has 0 aliphatic heterocycles. The van der Waals surface area contributed by atoms with Gasteiger partial charge in [0, 0.05) is 32.5 Å². The molecule has 0 fully saturated rings. The molecule has 0 N–H and O–H groups in total. The molecule has 3 heterocycles. The van der Waals surface area contributed by atoms with Gasteiger partial charge >= 0.3 is 0 Å². The summed E-state index contributed by atoms with van der Waals surface area (Å²) >= 11 is 0. The van der Waals surface area contributed by atoms with Gasteiger partial charge in [-0.1, -0.05) is 72.3 Å². The van der Waals surface area contributed by atoms with Crippen LogP contribution >= 0.6 is 0 Å². The Morgan fingerprint density at radius 2 is 1.27 bits per heavy atom. The van der Waals surface area contributed by atoms with Crippen molar-refractivity contribution in [2.45, 2.75) is 0 Å². The minimum atomic E-state index is -0.0296. The van der Waals surface area contributed by atoms with Crippen LogP contribution in [0.25, 0.3) is 55.6 Å². The molecule has 0 saturated heterocycles. The molecule has 3 aromatic heterocycles. The van der Waals surface area contributed by atoms with Crippen molar-refractivity contribution in [1.82, 2.24) is 9.97 Å². The van der Waals surface area contributed by atoms with Crippen LogP contribution in [0.3, 0.4) is 0 Å². The zero-order chi connectivity index (χ0) is 26.4. The zero-order valence-corrected chi connectivity index (χ0v) is 23.6. The normalized spacial score (nSPS) is 10.4. The van der Waals surface area contributed by atoms with Crippen LogP contribution < -0.4 is 5.43 Å². The Bertz CT molecular complexity index is 1870. The molecule has 0 atom stereocenters. The van der Waals surface area contributed by atoms with Gasteiger partial charge in [0.1, 0.15) is 5.58 Å². The molecule has 0 unspecified atom stereocenters. The van der Waals surface area contributed by atoms with E-state index >= 15 is 0 Å². The van der Waals surface area contributed by atoms with Gasteiger partial charge in [-0.05, 0) is 46.6 Å². The van der Waals surface area contributed by atoms with Gasteiger partial charge in [-0.2, -0.15) is 0 Å². The first-order valence-electron chi connectivity index (χ1n) is 12.5. The van der Waals surface area contributed by atoms with E-state index in [1.807, 2.05) is 72.8 Å². The van der Waals surface area contributed by atoms with Crippen LogP contribution in [0, 0.1) is 12.1 Å². The maximum Gasteiger partial charge on any atom is 0.182 e. The molecule has 0 aliphatic rings. The first-order chi connectivity index (χ1) is 19.3. The van der Waals surface area contributed by atoms with Crippen LogP contribution in [0.2, 0.25) is 0 Å². The van der Waals surface area contributed by atoms with Gasteiger partial charge in [-0.15, -0.1) is 53.6 Å². The van der Waals surface area contributed by atoms with E-state index in [4.69, 9.17) is 4.42 Å². The van der Waals surface area contributed by atoms with Crippen LogP contribution in [0.1, 0.15) is 0 Å². The summed E-state index contributed by atoms with van der Waals surface area (Å²) in [4.78, 5) is 21.2.